The predicted octanol–water partition coefficient (Wildman–Crippen LogP) is 2.42. The van der Waals surface area contributed by atoms with Crippen molar-refractivity contribution >= 4 is 23.9 Å². The first-order valence-corrected chi connectivity index (χ1v) is 13.1. The molecule has 0 amide bonds. The first-order chi connectivity index (χ1) is 17.7. The highest BCUT2D eigenvalue weighted by Crippen LogP contribution is 2.59. The fourth-order valence-electron chi connectivity index (χ4n) is 5.07. The van der Waals surface area contributed by atoms with Crippen LogP contribution in [0.25, 0.3) is 0 Å². The number of esters is 4. The van der Waals surface area contributed by atoms with Gasteiger partial charge in [0, 0.05) is 37.7 Å². The fraction of sp³-hybridized carbons (Fsp3) is 0.778. The third kappa shape index (κ3) is 6.48. The van der Waals surface area contributed by atoms with Crippen LogP contribution in [-0.4, -0.2) is 71.9 Å². The quantitative estimate of drug-likeness (QED) is 0.234. The molecule has 214 valence electrons. The zero-order valence-electron chi connectivity index (χ0n) is 23.2. The maximum Gasteiger partial charge on any atom is 0.348 e. The maximum atomic E-state index is 12.9. The van der Waals surface area contributed by atoms with Gasteiger partial charge in [0.1, 0.15) is 29.8 Å². The Bertz CT molecular complexity index is 949. The van der Waals surface area contributed by atoms with Gasteiger partial charge in [0.05, 0.1) is 12.9 Å². The lowest BCUT2D eigenvalue weighted by molar-refractivity contribution is -0.208. The Kier molecular flexibility index (Phi) is 9.13. The van der Waals surface area contributed by atoms with Crippen LogP contribution in [0.4, 0.5) is 0 Å². The van der Waals surface area contributed by atoms with Gasteiger partial charge in [-0.25, -0.2) is 4.79 Å². The molecule has 0 radical (unpaired) electrons. The van der Waals surface area contributed by atoms with Gasteiger partial charge in [0.2, 0.25) is 6.10 Å². The van der Waals surface area contributed by atoms with E-state index in [1.165, 1.54) is 13.2 Å². The van der Waals surface area contributed by atoms with E-state index in [0.29, 0.717) is 0 Å². The van der Waals surface area contributed by atoms with Crippen LogP contribution >= 0.6 is 0 Å². The van der Waals surface area contributed by atoms with Crippen molar-refractivity contribution in [3.8, 4) is 0 Å². The standard InChI is InChI=1S/C27H40O11/c1-14(2)8-20(29)37-22(16(5)6)24(31)33-11-18-12-34-25(38-21(30)9-15(3)4)23-26(18,32)10-19(36-17(7)28)27(23)13-35-27/h12,14-16,19,22-23,25,32H,8-11,13H2,1-7H3/t19-,22?,23-,25-,26-,27+/m0/s1. The van der Waals surface area contributed by atoms with E-state index in [0.717, 1.165) is 0 Å². The normalized spacial score (nSPS) is 30.4. The summed E-state index contributed by atoms with van der Waals surface area (Å²) in [6.45, 7) is 12.0. The lowest BCUT2D eigenvalue weighted by Gasteiger charge is -2.40. The number of hydrogen-bond donors (Lipinski definition) is 1. The molecule has 0 aromatic carbocycles. The Morgan fingerprint density at radius 2 is 1.63 bits per heavy atom. The topological polar surface area (TPSA) is 147 Å². The highest BCUT2D eigenvalue weighted by atomic mass is 16.7. The van der Waals surface area contributed by atoms with Crippen molar-refractivity contribution < 1.29 is 52.7 Å². The number of ether oxygens (including phenoxy) is 6. The van der Waals surface area contributed by atoms with E-state index in [9.17, 15) is 24.3 Å². The molecular weight excluding hydrogens is 500 g/mol. The minimum absolute atomic E-state index is 0.0440. The third-order valence-electron chi connectivity index (χ3n) is 6.90. The number of carbonyl (C=O) groups excluding carboxylic acids is 4. The van der Waals surface area contributed by atoms with Gasteiger partial charge < -0.3 is 33.5 Å². The lowest BCUT2D eigenvalue weighted by atomic mass is 9.79. The Balaban J connectivity index is 1.80. The van der Waals surface area contributed by atoms with E-state index in [1.54, 1.807) is 13.8 Å². The summed E-state index contributed by atoms with van der Waals surface area (Å²) >= 11 is 0. The molecule has 11 nitrogen and oxygen atoms in total. The Labute approximate surface area is 223 Å². The average Bonchev–Trinajstić information content (AvgIpc) is 3.51. The highest BCUT2D eigenvalue weighted by molar-refractivity contribution is 5.80. The fourth-order valence-corrected chi connectivity index (χ4v) is 5.07. The molecule has 2 heterocycles. The van der Waals surface area contributed by atoms with Gasteiger partial charge in [-0.2, -0.15) is 0 Å². The number of epoxide rings is 1. The van der Waals surface area contributed by atoms with Gasteiger partial charge in [-0.3, -0.25) is 14.4 Å². The molecule has 2 fully saturated rings. The number of fused-ring (bicyclic) bond motifs is 2. The van der Waals surface area contributed by atoms with Crippen molar-refractivity contribution in [1.82, 2.24) is 0 Å². The Hall–Kier alpha value is -2.66. The van der Waals surface area contributed by atoms with Crippen molar-refractivity contribution in [3.05, 3.63) is 11.8 Å². The molecule has 2 aliphatic heterocycles. The Morgan fingerprint density at radius 3 is 2.16 bits per heavy atom. The summed E-state index contributed by atoms with van der Waals surface area (Å²) in [6.07, 6.45) is -1.72. The summed E-state index contributed by atoms with van der Waals surface area (Å²) in [4.78, 5) is 49.3. The smallest absolute Gasteiger partial charge is 0.348 e. The van der Waals surface area contributed by atoms with Crippen LogP contribution in [0.5, 0.6) is 0 Å². The molecule has 1 saturated heterocycles. The lowest BCUT2D eigenvalue weighted by Crippen LogP contribution is -2.53. The van der Waals surface area contributed by atoms with Gasteiger partial charge in [-0.15, -0.1) is 0 Å². The Morgan fingerprint density at radius 1 is 1.03 bits per heavy atom. The van der Waals surface area contributed by atoms with E-state index in [1.807, 2.05) is 27.7 Å². The predicted molar refractivity (Wildman–Crippen MR) is 131 cm³/mol. The number of carbonyl (C=O) groups is 4. The first-order valence-electron chi connectivity index (χ1n) is 13.1. The summed E-state index contributed by atoms with van der Waals surface area (Å²) < 4.78 is 33.3. The van der Waals surface area contributed by atoms with E-state index < -0.39 is 59.5 Å². The zero-order valence-corrected chi connectivity index (χ0v) is 23.2. The van der Waals surface area contributed by atoms with Crippen molar-refractivity contribution in [1.29, 1.82) is 0 Å². The summed E-state index contributed by atoms with van der Waals surface area (Å²) in [5.74, 6) is -3.51. The van der Waals surface area contributed by atoms with Gasteiger partial charge in [0.15, 0.2) is 0 Å². The molecular formula is C27H40O11. The van der Waals surface area contributed by atoms with E-state index in [2.05, 4.69) is 0 Å². The van der Waals surface area contributed by atoms with Gasteiger partial charge in [0.25, 0.3) is 6.29 Å². The van der Waals surface area contributed by atoms with Crippen LogP contribution in [0.3, 0.4) is 0 Å². The SMILES string of the molecule is CC(=O)O[C@H]1C[C@]2(O)C(COC(=O)C(OC(=O)CC(C)C)C(C)C)=CO[C@@H](OC(=O)CC(C)C)[C@@H]2[C@@]12CO2. The molecule has 0 aromatic heterocycles. The van der Waals surface area contributed by atoms with Crippen LogP contribution in [0.1, 0.15) is 67.7 Å². The largest absolute Gasteiger partial charge is 0.462 e. The molecule has 1 aliphatic carbocycles. The molecule has 1 N–H and O–H groups in total. The monoisotopic (exact) mass is 540 g/mol. The second-order valence-corrected chi connectivity index (χ2v) is 11.5. The molecule has 38 heavy (non-hydrogen) atoms. The summed E-state index contributed by atoms with van der Waals surface area (Å²) in [6, 6.07) is 0. The van der Waals surface area contributed by atoms with Crippen molar-refractivity contribution in [3.63, 3.8) is 0 Å². The number of aliphatic hydroxyl groups is 1. The zero-order chi connectivity index (χ0) is 28.4. The van der Waals surface area contributed by atoms with Gasteiger partial charge in [-0.05, 0) is 11.8 Å². The van der Waals surface area contributed by atoms with Crippen molar-refractivity contribution in [2.75, 3.05) is 13.2 Å². The van der Waals surface area contributed by atoms with E-state index in [-0.39, 0.29) is 55.8 Å². The van der Waals surface area contributed by atoms with Crippen LogP contribution in [0.2, 0.25) is 0 Å². The minimum Gasteiger partial charge on any atom is -0.462 e. The first kappa shape index (κ1) is 29.9. The molecule has 3 rings (SSSR count). The number of rotatable bonds is 11. The third-order valence-corrected chi connectivity index (χ3v) is 6.90. The van der Waals surface area contributed by atoms with Gasteiger partial charge in [-0.1, -0.05) is 41.5 Å². The second-order valence-electron chi connectivity index (χ2n) is 11.5. The van der Waals surface area contributed by atoms with Crippen LogP contribution in [-0.2, 0) is 47.6 Å². The molecule has 1 saturated carbocycles. The summed E-state index contributed by atoms with van der Waals surface area (Å²) in [7, 11) is 0. The average molecular weight is 541 g/mol. The summed E-state index contributed by atoms with van der Waals surface area (Å²) in [5, 5.41) is 11.9. The van der Waals surface area contributed by atoms with E-state index >= 15 is 0 Å². The summed E-state index contributed by atoms with van der Waals surface area (Å²) in [5.41, 5.74) is -2.65. The van der Waals surface area contributed by atoms with Gasteiger partial charge >= 0.3 is 23.9 Å². The molecule has 0 aromatic rings. The molecule has 11 heteroatoms. The minimum atomic E-state index is -1.72. The molecule has 1 unspecified atom stereocenters. The molecule has 6 atom stereocenters. The highest BCUT2D eigenvalue weighted by Gasteiger charge is 2.76. The molecule has 3 aliphatic rings. The molecule has 0 bridgehead atoms. The van der Waals surface area contributed by atoms with Crippen LogP contribution in [0, 0.1) is 23.7 Å². The number of hydrogen-bond acceptors (Lipinski definition) is 11. The van der Waals surface area contributed by atoms with E-state index in [4.69, 9.17) is 28.4 Å². The second kappa shape index (κ2) is 11.6. The molecule has 1 spiro atoms. The van der Waals surface area contributed by atoms with Crippen molar-refractivity contribution in [2.45, 2.75) is 97.4 Å². The van der Waals surface area contributed by atoms with Crippen LogP contribution in [0.15, 0.2) is 11.8 Å². The maximum absolute atomic E-state index is 12.9. The van der Waals surface area contributed by atoms with Crippen molar-refractivity contribution in [2.24, 2.45) is 23.7 Å². The van der Waals surface area contributed by atoms with Crippen LogP contribution < -0.4 is 0 Å².